The number of halogens is 6. The van der Waals surface area contributed by atoms with Crippen LogP contribution >= 0.6 is 11.3 Å². The van der Waals surface area contributed by atoms with Crippen molar-refractivity contribution in [1.29, 1.82) is 0 Å². The molecule has 2 aromatic heterocycles. The molecule has 0 saturated carbocycles. The topological polar surface area (TPSA) is 57.0 Å². The average molecular weight is 475 g/mol. The van der Waals surface area contributed by atoms with Crippen LogP contribution in [-0.4, -0.2) is 27.3 Å². The zero-order chi connectivity index (χ0) is 23.5. The van der Waals surface area contributed by atoms with E-state index in [9.17, 15) is 31.1 Å². The number of ether oxygens (including phenoxy) is 1. The molecule has 0 spiro atoms. The van der Waals surface area contributed by atoms with Crippen molar-refractivity contribution in [2.24, 2.45) is 0 Å². The molecule has 0 atom stereocenters. The Morgan fingerprint density at radius 2 is 1.94 bits per heavy atom. The van der Waals surface area contributed by atoms with Crippen molar-refractivity contribution in [3.8, 4) is 5.13 Å². The summed E-state index contributed by atoms with van der Waals surface area (Å²) in [5.41, 5.74) is -2.09. The van der Waals surface area contributed by atoms with E-state index in [4.69, 9.17) is 0 Å². The summed E-state index contributed by atoms with van der Waals surface area (Å²) in [4.78, 5) is 15.9. The maximum Gasteiger partial charge on any atom is 0.434 e. The Morgan fingerprint density at radius 1 is 1.19 bits per heavy atom. The molecule has 0 aliphatic carbocycles. The van der Waals surface area contributed by atoms with E-state index < -0.39 is 35.1 Å². The quantitative estimate of drug-likeness (QED) is 0.334. The predicted molar refractivity (Wildman–Crippen MR) is 104 cm³/mol. The fourth-order valence-electron chi connectivity index (χ4n) is 2.76. The number of benzene rings is 1. The van der Waals surface area contributed by atoms with Crippen molar-refractivity contribution in [1.82, 2.24) is 14.8 Å². The molecule has 0 radical (unpaired) electrons. The number of rotatable bonds is 6. The van der Waals surface area contributed by atoms with Gasteiger partial charge in [-0.1, -0.05) is 24.3 Å². The zero-order valence-electron chi connectivity index (χ0n) is 16.4. The monoisotopic (exact) mass is 475 g/mol. The van der Waals surface area contributed by atoms with Crippen molar-refractivity contribution in [3.05, 3.63) is 70.0 Å². The van der Waals surface area contributed by atoms with Crippen molar-refractivity contribution in [2.75, 3.05) is 6.61 Å². The van der Waals surface area contributed by atoms with Gasteiger partial charge in [0, 0.05) is 5.38 Å². The van der Waals surface area contributed by atoms with E-state index in [2.05, 4.69) is 14.8 Å². The number of aromatic nitrogens is 3. The van der Waals surface area contributed by atoms with Crippen molar-refractivity contribution in [2.45, 2.75) is 25.7 Å². The molecule has 3 rings (SSSR count). The van der Waals surface area contributed by atoms with Gasteiger partial charge in [-0.25, -0.2) is 14.5 Å². The van der Waals surface area contributed by atoms with Gasteiger partial charge in [-0.3, -0.25) is 0 Å². The molecular weight excluding hydrogens is 460 g/mol. The summed E-state index contributed by atoms with van der Waals surface area (Å²) >= 11 is 0.861. The molecule has 0 bridgehead atoms. The van der Waals surface area contributed by atoms with Gasteiger partial charge < -0.3 is 4.74 Å². The summed E-state index contributed by atoms with van der Waals surface area (Å²) in [6.07, 6.45) is -5.38. The van der Waals surface area contributed by atoms with Gasteiger partial charge in [0.05, 0.1) is 24.1 Å². The minimum atomic E-state index is -4.89. The lowest BCUT2D eigenvalue weighted by Crippen LogP contribution is -2.18. The molecule has 0 fully saturated rings. The van der Waals surface area contributed by atoms with Gasteiger partial charge in [-0.15, -0.1) is 11.3 Å². The summed E-state index contributed by atoms with van der Waals surface area (Å²) < 4.78 is 84.2. The molecule has 170 valence electrons. The van der Waals surface area contributed by atoms with Gasteiger partial charge in [0.15, 0.2) is 5.69 Å². The fraction of sp³-hybridized carbons (Fsp3) is 0.250. The van der Waals surface area contributed by atoms with Gasteiger partial charge in [-0.05, 0) is 31.1 Å². The highest BCUT2D eigenvalue weighted by Gasteiger charge is 2.41. The van der Waals surface area contributed by atoms with Crippen LogP contribution in [0.15, 0.2) is 41.9 Å². The average Bonchev–Trinajstić information content (AvgIpc) is 3.34. The molecule has 32 heavy (non-hydrogen) atoms. The molecule has 2 heterocycles. The van der Waals surface area contributed by atoms with Crippen LogP contribution < -0.4 is 0 Å². The Bertz CT molecular complexity index is 1130. The second-order valence-electron chi connectivity index (χ2n) is 6.40. The molecule has 0 unspecified atom stereocenters. The van der Waals surface area contributed by atoms with E-state index in [1.807, 2.05) is 0 Å². The summed E-state index contributed by atoms with van der Waals surface area (Å²) in [6, 6.07) is 4.81. The largest absolute Gasteiger partial charge is 0.462 e. The van der Waals surface area contributed by atoms with Crippen molar-refractivity contribution < 1.29 is 35.9 Å². The number of alkyl halides is 6. The Morgan fingerprint density at radius 3 is 2.59 bits per heavy atom. The number of nitrogens with zero attached hydrogens (tertiary/aromatic N) is 3. The standard InChI is InChI=1S/C20H15F6N3O2S/c1-2-31-17(30)15-10-27-29(16(15)20(24,25)26)18-28-14(11-32-18)8-4-6-12-5-3-7-13(9-12)19(21,22)23/h3-5,7-11H,2,6H2,1H3/b8-4+. The minimum Gasteiger partial charge on any atom is -0.462 e. The van der Waals surface area contributed by atoms with Gasteiger partial charge in [0.1, 0.15) is 5.56 Å². The molecule has 0 aliphatic rings. The molecule has 5 nitrogen and oxygen atoms in total. The molecular formula is C20H15F6N3O2S. The number of esters is 1. The van der Waals surface area contributed by atoms with E-state index in [0.717, 1.165) is 29.7 Å². The summed E-state index contributed by atoms with van der Waals surface area (Å²) in [5.74, 6) is -1.15. The third-order valence-electron chi connectivity index (χ3n) is 4.12. The molecule has 0 saturated heterocycles. The first-order valence-corrected chi connectivity index (χ1v) is 9.99. The highest BCUT2D eigenvalue weighted by atomic mass is 32.1. The highest BCUT2D eigenvalue weighted by Crippen LogP contribution is 2.35. The van der Waals surface area contributed by atoms with Gasteiger partial charge in [0.2, 0.25) is 5.13 Å². The number of hydrogen-bond acceptors (Lipinski definition) is 5. The second kappa shape index (κ2) is 9.15. The Balaban J connectivity index is 1.81. The zero-order valence-corrected chi connectivity index (χ0v) is 17.2. The second-order valence-corrected chi connectivity index (χ2v) is 7.23. The molecule has 12 heteroatoms. The van der Waals surface area contributed by atoms with E-state index in [-0.39, 0.29) is 18.2 Å². The van der Waals surface area contributed by atoms with Gasteiger partial charge in [0.25, 0.3) is 0 Å². The van der Waals surface area contributed by atoms with E-state index in [0.29, 0.717) is 15.9 Å². The summed E-state index contributed by atoms with van der Waals surface area (Å²) in [5, 5.41) is 4.97. The Kier molecular flexibility index (Phi) is 6.72. The summed E-state index contributed by atoms with van der Waals surface area (Å²) in [7, 11) is 0. The van der Waals surface area contributed by atoms with Crippen LogP contribution in [0.5, 0.6) is 0 Å². The number of allylic oxidation sites excluding steroid dienone is 1. The van der Waals surface area contributed by atoms with Crippen LogP contribution in [0.4, 0.5) is 26.3 Å². The number of thiazole rings is 1. The fourth-order valence-corrected chi connectivity index (χ4v) is 3.52. The maximum atomic E-state index is 13.6. The van der Waals surface area contributed by atoms with Crippen LogP contribution in [0.1, 0.15) is 39.8 Å². The minimum absolute atomic E-state index is 0.0978. The molecule has 0 N–H and O–H groups in total. The predicted octanol–water partition coefficient (Wildman–Crippen LogP) is 5.80. The van der Waals surface area contributed by atoms with E-state index in [1.165, 1.54) is 30.5 Å². The SMILES string of the molecule is CCOC(=O)c1cnn(-c2nc(/C=C/Cc3cccc(C(F)(F)F)c3)cs2)c1C(F)(F)F. The first kappa shape index (κ1) is 23.5. The highest BCUT2D eigenvalue weighted by molar-refractivity contribution is 7.12. The number of carbonyl (C=O) groups is 1. The lowest BCUT2D eigenvalue weighted by Gasteiger charge is -2.10. The first-order valence-electron chi connectivity index (χ1n) is 9.11. The van der Waals surface area contributed by atoms with Crippen molar-refractivity contribution >= 4 is 23.4 Å². The third-order valence-corrected chi connectivity index (χ3v) is 4.95. The van der Waals surface area contributed by atoms with Crippen LogP contribution in [0.2, 0.25) is 0 Å². The Hall–Kier alpha value is -3.15. The van der Waals surface area contributed by atoms with Gasteiger partial charge >= 0.3 is 18.3 Å². The van der Waals surface area contributed by atoms with Crippen LogP contribution in [-0.2, 0) is 23.5 Å². The summed E-state index contributed by atoms with van der Waals surface area (Å²) in [6.45, 7) is 1.37. The first-order chi connectivity index (χ1) is 15.0. The lowest BCUT2D eigenvalue weighted by atomic mass is 10.1. The molecule has 1 aromatic carbocycles. The number of carbonyl (C=O) groups excluding carboxylic acids is 1. The maximum absolute atomic E-state index is 13.6. The van der Waals surface area contributed by atoms with E-state index >= 15 is 0 Å². The normalized spacial score (nSPS) is 12.5. The smallest absolute Gasteiger partial charge is 0.434 e. The van der Waals surface area contributed by atoms with Crippen LogP contribution in [0.3, 0.4) is 0 Å². The molecule has 0 amide bonds. The number of hydrogen-bond donors (Lipinski definition) is 0. The molecule has 3 aromatic rings. The lowest BCUT2D eigenvalue weighted by molar-refractivity contribution is -0.143. The molecule has 0 aliphatic heterocycles. The third kappa shape index (κ3) is 5.36. The van der Waals surface area contributed by atoms with Crippen LogP contribution in [0, 0.1) is 0 Å². The Labute approximate surface area is 182 Å². The van der Waals surface area contributed by atoms with Crippen molar-refractivity contribution in [3.63, 3.8) is 0 Å². The van der Waals surface area contributed by atoms with Gasteiger partial charge in [-0.2, -0.15) is 31.4 Å². The van der Waals surface area contributed by atoms with Crippen LogP contribution in [0.25, 0.3) is 11.2 Å². The van der Waals surface area contributed by atoms with E-state index in [1.54, 1.807) is 6.08 Å².